The van der Waals surface area contributed by atoms with Crippen LogP contribution in [-0.2, 0) is 4.79 Å². The van der Waals surface area contributed by atoms with E-state index >= 15 is 0 Å². The molecule has 0 radical (unpaired) electrons. The molecule has 0 aromatic rings. The van der Waals surface area contributed by atoms with E-state index < -0.39 is 0 Å². The van der Waals surface area contributed by atoms with Crippen molar-refractivity contribution in [2.24, 2.45) is 5.73 Å². The fourth-order valence-corrected chi connectivity index (χ4v) is 1.35. The van der Waals surface area contributed by atoms with Gasteiger partial charge in [0.15, 0.2) is 5.78 Å². The molecule has 0 saturated carbocycles. The number of hydrogen-bond acceptors (Lipinski definition) is 2. The minimum atomic E-state index is -0.320. The van der Waals surface area contributed by atoms with Gasteiger partial charge in [0, 0.05) is 0 Å². The summed E-state index contributed by atoms with van der Waals surface area (Å²) in [7, 11) is 0. The maximum atomic E-state index is 11.3. The van der Waals surface area contributed by atoms with Crippen molar-refractivity contribution in [2.75, 3.05) is 0 Å². The number of hydrogen-bond donors (Lipinski definition) is 1. The van der Waals surface area contributed by atoms with E-state index in [1.165, 1.54) is 6.42 Å². The zero-order chi connectivity index (χ0) is 8.27. The molecule has 0 fully saturated rings. The van der Waals surface area contributed by atoms with Gasteiger partial charge in [0.1, 0.15) is 0 Å². The van der Waals surface area contributed by atoms with Crippen LogP contribution in [0.1, 0.15) is 32.6 Å². The standard InChI is InChI=1S/C9H15NO/c1-7(10)9(11)8-5-3-2-4-6-8/h5,7H,2-4,6,10H2,1H3/t7-/m1/s1. The van der Waals surface area contributed by atoms with E-state index in [1.807, 2.05) is 6.08 Å². The Morgan fingerprint density at radius 2 is 2.36 bits per heavy atom. The first-order valence-electron chi connectivity index (χ1n) is 4.20. The Morgan fingerprint density at radius 3 is 2.82 bits per heavy atom. The summed E-state index contributed by atoms with van der Waals surface area (Å²) in [6.45, 7) is 1.75. The van der Waals surface area contributed by atoms with Gasteiger partial charge in [0.25, 0.3) is 0 Å². The fourth-order valence-electron chi connectivity index (χ4n) is 1.35. The molecule has 2 N–H and O–H groups in total. The zero-order valence-corrected chi connectivity index (χ0v) is 6.97. The van der Waals surface area contributed by atoms with Crippen LogP contribution in [0.25, 0.3) is 0 Å². The molecule has 0 spiro atoms. The predicted molar refractivity (Wildman–Crippen MR) is 45.2 cm³/mol. The molecule has 0 amide bonds. The fraction of sp³-hybridized carbons (Fsp3) is 0.667. The van der Waals surface area contributed by atoms with E-state index in [2.05, 4.69) is 0 Å². The van der Waals surface area contributed by atoms with Gasteiger partial charge in [-0.25, -0.2) is 0 Å². The summed E-state index contributed by atoms with van der Waals surface area (Å²) in [5, 5.41) is 0. The molecule has 0 aliphatic heterocycles. The van der Waals surface area contributed by atoms with Crippen molar-refractivity contribution in [3.8, 4) is 0 Å². The highest BCUT2D eigenvalue weighted by atomic mass is 16.1. The van der Waals surface area contributed by atoms with E-state index in [0.717, 1.165) is 24.8 Å². The molecular formula is C9H15NO. The third kappa shape index (κ3) is 2.15. The molecule has 62 valence electrons. The lowest BCUT2D eigenvalue weighted by atomic mass is 9.94. The molecule has 1 rings (SSSR count). The molecule has 11 heavy (non-hydrogen) atoms. The third-order valence-corrected chi connectivity index (χ3v) is 2.02. The van der Waals surface area contributed by atoms with Gasteiger partial charge in [-0.2, -0.15) is 0 Å². The van der Waals surface area contributed by atoms with Crippen LogP contribution in [0.15, 0.2) is 11.6 Å². The molecule has 0 aromatic carbocycles. The second-order valence-electron chi connectivity index (χ2n) is 3.13. The smallest absolute Gasteiger partial charge is 0.174 e. The van der Waals surface area contributed by atoms with Gasteiger partial charge in [-0.05, 0) is 38.2 Å². The Bertz CT molecular complexity index is 182. The first-order valence-corrected chi connectivity index (χ1v) is 4.20. The molecular weight excluding hydrogens is 138 g/mol. The van der Waals surface area contributed by atoms with Crippen LogP contribution in [0, 0.1) is 0 Å². The number of rotatable bonds is 2. The largest absolute Gasteiger partial charge is 0.321 e. The van der Waals surface area contributed by atoms with Gasteiger partial charge in [-0.3, -0.25) is 4.79 Å². The molecule has 1 aliphatic rings. The summed E-state index contributed by atoms with van der Waals surface area (Å²) in [5.74, 6) is 0.129. The van der Waals surface area contributed by atoms with Crippen molar-refractivity contribution >= 4 is 5.78 Å². The first kappa shape index (κ1) is 8.47. The number of Topliss-reactive ketones (excluding diaryl/α,β-unsaturated/α-hetero) is 1. The lowest BCUT2D eigenvalue weighted by Gasteiger charge is -2.12. The van der Waals surface area contributed by atoms with Crippen LogP contribution < -0.4 is 5.73 Å². The summed E-state index contributed by atoms with van der Waals surface area (Å²) in [6.07, 6.45) is 6.38. The highest BCUT2D eigenvalue weighted by Gasteiger charge is 2.14. The molecule has 2 heteroatoms. The number of nitrogens with two attached hydrogens (primary N) is 1. The summed E-state index contributed by atoms with van der Waals surface area (Å²) in [4.78, 5) is 11.3. The Morgan fingerprint density at radius 1 is 1.64 bits per heavy atom. The van der Waals surface area contributed by atoms with Gasteiger partial charge < -0.3 is 5.73 Å². The van der Waals surface area contributed by atoms with Crippen LogP contribution in [0.5, 0.6) is 0 Å². The maximum absolute atomic E-state index is 11.3. The molecule has 0 bridgehead atoms. The monoisotopic (exact) mass is 153 g/mol. The van der Waals surface area contributed by atoms with Gasteiger partial charge in [-0.1, -0.05) is 6.08 Å². The molecule has 0 saturated heterocycles. The van der Waals surface area contributed by atoms with E-state index in [1.54, 1.807) is 6.92 Å². The minimum Gasteiger partial charge on any atom is -0.321 e. The van der Waals surface area contributed by atoms with E-state index in [0.29, 0.717) is 0 Å². The molecule has 2 nitrogen and oxygen atoms in total. The van der Waals surface area contributed by atoms with Crippen LogP contribution in [0.2, 0.25) is 0 Å². The first-order chi connectivity index (χ1) is 5.22. The predicted octanol–water partition coefficient (Wildman–Crippen LogP) is 1.40. The molecule has 1 atom stereocenters. The molecule has 0 heterocycles. The van der Waals surface area contributed by atoms with E-state index in [9.17, 15) is 4.79 Å². The normalized spacial score (nSPS) is 20.7. The van der Waals surface area contributed by atoms with Crippen molar-refractivity contribution < 1.29 is 4.79 Å². The highest BCUT2D eigenvalue weighted by molar-refractivity contribution is 5.99. The zero-order valence-electron chi connectivity index (χ0n) is 6.97. The number of allylic oxidation sites excluding steroid dienone is 1. The lowest BCUT2D eigenvalue weighted by molar-refractivity contribution is -0.116. The van der Waals surface area contributed by atoms with E-state index in [-0.39, 0.29) is 11.8 Å². The molecule has 1 aliphatic carbocycles. The van der Waals surface area contributed by atoms with E-state index in [4.69, 9.17) is 5.73 Å². The van der Waals surface area contributed by atoms with Crippen molar-refractivity contribution in [2.45, 2.75) is 38.6 Å². The molecule has 0 unspecified atom stereocenters. The minimum absolute atomic E-state index is 0.129. The summed E-state index contributed by atoms with van der Waals surface area (Å²) >= 11 is 0. The Kier molecular flexibility index (Phi) is 2.83. The van der Waals surface area contributed by atoms with Gasteiger partial charge in [-0.15, -0.1) is 0 Å². The Hall–Kier alpha value is -0.630. The average Bonchev–Trinajstić information content (AvgIpc) is 2.05. The van der Waals surface area contributed by atoms with Crippen molar-refractivity contribution in [3.63, 3.8) is 0 Å². The van der Waals surface area contributed by atoms with Crippen LogP contribution in [0.3, 0.4) is 0 Å². The average molecular weight is 153 g/mol. The van der Waals surface area contributed by atoms with Gasteiger partial charge >= 0.3 is 0 Å². The summed E-state index contributed by atoms with van der Waals surface area (Å²) < 4.78 is 0. The number of carbonyl (C=O) groups is 1. The van der Waals surface area contributed by atoms with Crippen molar-refractivity contribution in [3.05, 3.63) is 11.6 Å². The lowest BCUT2D eigenvalue weighted by Crippen LogP contribution is -2.28. The Balaban J connectivity index is 2.58. The van der Waals surface area contributed by atoms with Crippen molar-refractivity contribution in [1.82, 2.24) is 0 Å². The Labute approximate surface area is 67.5 Å². The van der Waals surface area contributed by atoms with Gasteiger partial charge in [0.05, 0.1) is 6.04 Å². The number of carbonyl (C=O) groups excluding carboxylic acids is 1. The SMILES string of the molecule is C[C@@H](N)C(=O)C1=CCCCC1. The number of ketones is 1. The summed E-state index contributed by atoms with van der Waals surface area (Å²) in [6, 6.07) is -0.320. The van der Waals surface area contributed by atoms with Crippen LogP contribution in [-0.4, -0.2) is 11.8 Å². The quantitative estimate of drug-likeness (QED) is 0.651. The molecule has 0 aromatic heterocycles. The maximum Gasteiger partial charge on any atom is 0.174 e. The highest BCUT2D eigenvalue weighted by Crippen LogP contribution is 2.18. The second-order valence-corrected chi connectivity index (χ2v) is 3.13. The van der Waals surface area contributed by atoms with Crippen molar-refractivity contribution in [1.29, 1.82) is 0 Å². The van der Waals surface area contributed by atoms with Crippen LogP contribution in [0.4, 0.5) is 0 Å². The topological polar surface area (TPSA) is 43.1 Å². The van der Waals surface area contributed by atoms with Gasteiger partial charge in [0.2, 0.25) is 0 Å². The third-order valence-electron chi connectivity index (χ3n) is 2.02. The second kappa shape index (κ2) is 3.67. The summed E-state index contributed by atoms with van der Waals surface area (Å²) in [5.41, 5.74) is 6.43. The van der Waals surface area contributed by atoms with Crippen LogP contribution >= 0.6 is 0 Å².